The number of ether oxygens (including phenoxy) is 2. The van der Waals surface area contributed by atoms with Gasteiger partial charge in [0, 0.05) is 50.8 Å². The Labute approximate surface area is 134 Å². The monoisotopic (exact) mass is 309 g/mol. The van der Waals surface area contributed by atoms with Gasteiger partial charge in [0.05, 0.1) is 6.10 Å². The summed E-state index contributed by atoms with van der Waals surface area (Å²) in [6.07, 6.45) is 7.93. The molecule has 3 fully saturated rings. The van der Waals surface area contributed by atoms with Crippen LogP contribution in [0.5, 0.6) is 0 Å². The number of hydrogen-bond donors (Lipinski definition) is 2. The number of fused-ring (bicyclic) bond motifs is 2. The van der Waals surface area contributed by atoms with Gasteiger partial charge in [-0.3, -0.25) is 4.99 Å². The van der Waals surface area contributed by atoms with Gasteiger partial charge in [0.2, 0.25) is 0 Å². The molecule has 0 bridgehead atoms. The topological polar surface area (TPSA) is 54.9 Å². The van der Waals surface area contributed by atoms with Crippen LogP contribution in [0.1, 0.15) is 45.4 Å². The van der Waals surface area contributed by atoms with Gasteiger partial charge in [0.1, 0.15) is 0 Å². The second kappa shape index (κ2) is 7.18. The number of nitrogens with zero attached hydrogens (tertiary/aromatic N) is 1. The van der Waals surface area contributed by atoms with E-state index in [0.29, 0.717) is 23.5 Å². The molecule has 0 aromatic rings. The van der Waals surface area contributed by atoms with Gasteiger partial charge in [-0.1, -0.05) is 6.42 Å². The van der Waals surface area contributed by atoms with Crippen LogP contribution >= 0.6 is 0 Å². The van der Waals surface area contributed by atoms with E-state index in [1.807, 2.05) is 14.0 Å². The van der Waals surface area contributed by atoms with Gasteiger partial charge in [-0.05, 0) is 39.0 Å². The molecule has 3 aliphatic rings. The van der Waals surface area contributed by atoms with Crippen molar-refractivity contribution >= 4 is 5.96 Å². The second-order valence-corrected chi connectivity index (χ2v) is 6.86. The molecule has 0 radical (unpaired) electrons. The molecule has 1 saturated heterocycles. The first-order chi connectivity index (χ1) is 10.8. The van der Waals surface area contributed by atoms with Gasteiger partial charge in [0.25, 0.3) is 0 Å². The number of hydrogen-bond acceptors (Lipinski definition) is 3. The van der Waals surface area contributed by atoms with Crippen molar-refractivity contribution in [1.29, 1.82) is 0 Å². The maximum absolute atomic E-state index is 5.98. The highest BCUT2D eigenvalue weighted by molar-refractivity contribution is 5.80. The van der Waals surface area contributed by atoms with Crippen LogP contribution in [0.3, 0.4) is 0 Å². The molecule has 2 N–H and O–H groups in total. The van der Waals surface area contributed by atoms with Crippen molar-refractivity contribution in [2.24, 2.45) is 16.3 Å². The Balaban J connectivity index is 1.43. The van der Waals surface area contributed by atoms with E-state index in [9.17, 15) is 0 Å². The Morgan fingerprint density at radius 1 is 1.36 bits per heavy atom. The lowest BCUT2D eigenvalue weighted by Crippen LogP contribution is -2.72. The van der Waals surface area contributed by atoms with Crippen LogP contribution in [0.15, 0.2) is 4.99 Å². The molecule has 0 aromatic heterocycles. The number of nitrogens with one attached hydrogen (secondary N) is 2. The highest BCUT2D eigenvalue weighted by atomic mass is 16.5. The third-order valence-electron chi connectivity index (χ3n) is 5.76. The number of aliphatic imine (C=N–C) groups is 1. The molecule has 2 aliphatic carbocycles. The molecule has 0 aromatic carbocycles. The quantitative estimate of drug-likeness (QED) is 0.429. The molecule has 2 saturated carbocycles. The summed E-state index contributed by atoms with van der Waals surface area (Å²) in [6, 6.07) is 0.559. The largest absolute Gasteiger partial charge is 0.382 e. The lowest BCUT2D eigenvalue weighted by atomic mass is 9.46. The maximum Gasteiger partial charge on any atom is 0.191 e. The van der Waals surface area contributed by atoms with Crippen LogP contribution in [0.2, 0.25) is 0 Å². The third kappa shape index (κ3) is 2.85. The summed E-state index contributed by atoms with van der Waals surface area (Å²) in [7, 11) is 1.87. The van der Waals surface area contributed by atoms with Crippen molar-refractivity contribution in [3.63, 3.8) is 0 Å². The van der Waals surface area contributed by atoms with Gasteiger partial charge >= 0.3 is 0 Å². The fraction of sp³-hybridized carbons (Fsp3) is 0.941. The number of guanidine groups is 1. The Morgan fingerprint density at radius 2 is 2.23 bits per heavy atom. The van der Waals surface area contributed by atoms with Crippen molar-refractivity contribution < 1.29 is 9.47 Å². The van der Waals surface area contributed by atoms with E-state index in [1.165, 1.54) is 25.7 Å². The van der Waals surface area contributed by atoms with E-state index >= 15 is 0 Å². The molecule has 0 amide bonds. The molecule has 3 unspecified atom stereocenters. The van der Waals surface area contributed by atoms with E-state index in [-0.39, 0.29) is 0 Å². The van der Waals surface area contributed by atoms with Crippen molar-refractivity contribution in [1.82, 2.24) is 10.6 Å². The molecule has 3 rings (SSSR count). The molecule has 1 heterocycles. The van der Waals surface area contributed by atoms with E-state index < -0.39 is 0 Å². The SMILES string of the molecule is CCOCCCCNC(=NC)NC1C2CCOC2C12CCC2. The first-order valence-electron chi connectivity index (χ1n) is 8.98. The van der Waals surface area contributed by atoms with Crippen LogP contribution < -0.4 is 10.6 Å². The zero-order valence-corrected chi connectivity index (χ0v) is 14.1. The molecular weight excluding hydrogens is 278 g/mol. The third-order valence-corrected chi connectivity index (χ3v) is 5.76. The molecule has 3 atom stereocenters. The fourth-order valence-corrected chi connectivity index (χ4v) is 4.48. The highest BCUT2D eigenvalue weighted by Crippen LogP contribution is 2.62. The number of unbranched alkanes of at least 4 members (excludes halogenated alkanes) is 1. The van der Waals surface area contributed by atoms with Crippen LogP contribution in [-0.2, 0) is 9.47 Å². The zero-order valence-electron chi connectivity index (χ0n) is 14.1. The fourth-order valence-electron chi connectivity index (χ4n) is 4.48. The molecular formula is C17H31N3O2. The van der Waals surface area contributed by atoms with E-state index in [1.54, 1.807) is 0 Å². The van der Waals surface area contributed by atoms with Crippen LogP contribution in [-0.4, -0.2) is 51.5 Å². The Kier molecular flexibility index (Phi) is 5.24. The summed E-state index contributed by atoms with van der Waals surface area (Å²) >= 11 is 0. The Morgan fingerprint density at radius 3 is 2.91 bits per heavy atom. The van der Waals surface area contributed by atoms with E-state index in [2.05, 4.69) is 15.6 Å². The van der Waals surface area contributed by atoms with Crippen LogP contribution in [0.25, 0.3) is 0 Å². The first-order valence-corrected chi connectivity index (χ1v) is 8.98. The molecule has 1 spiro atoms. The predicted octanol–water partition coefficient (Wildman–Crippen LogP) is 1.93. The highest BCUT2D eigenvalue weighted by Gasteiger charge is 2.66. The normalized spacial score (nSPS) is 32.3. The van der Waals surface area contributed by atoms with E-state index in [0.717, 1.165) is 45.2 Å². The van der Waals surface area contributed by atoms with Crippen LogP contribution in [0.4, 0.5) is 0 Å². The van der Waals surface area contributed by atoms with Crippen molar-refractivity contribution in [3.8, 4) is 0 Å². The summed E-state index contributed by atoms with van der Waals surface area (Å²) in [5, 5.41) is 7.15. The van der Waals surface area contributed by atoms with Gasteiger partial charge in [-0.2, -0.15) is 0 Å². The number of rotatable bonds is 7. The van der Waals surface area contributed by atoms with Gasteiger partial charge < -0.3 is 20.1 Å². The lowest BCUT2D eigenvalue weighted by Gasteiger charge is -2.63. The van der Waals surface area contributed by atoms with Crippen molar-refractivity contribution in [2.45, 2.75) is 57.6 Å². The summed E-state index contributed by atoms with van der Waals surface area (Å²) in [4.78, 5) is 4.40. The lowest BCUT2D eigenvalue weighted by molar-refractivity contribution is -0.171. The summed E-state index contributed by atoms with van der Waals surface area (Å²) in [5.41, 5.74) is 0.410. The molecule has 5 nitrogen and oxygen atoms in total. The first kappa shape index (κ1) is 16.1. The van der Waals surface area contributed by atoms with Crippen molar-refractivity contribution in [3.05, 3.63) is 0 Å². The Hall–Kier alpha value is -0.810. The minimum absolute atomic E-state index is 0.410. The van der Waals surface area contributed by atoms with E-state index in [4.69, 9.17) is 9.47 Å². The molecule has 5 heteroatoms. The van der Waals surface area contributed by atoms with Gasteiger partial charge in [-0.15, -0.1) is 0 Å². The smallest absolute Gasteiger partial charge is 0.191 e. The minimum Gasteiger partial charge on any atom is -0.382 e. The molecule has 22 heavy (non-hydrogen) atoms. The average Bonchev–Trinajstić information content (AvgIpc) is 2.89. The maximum atomic E-state index is 5.98. The Bertz CT molecular complexity index is 395. The summed E-state index contributed by atoms with van der Waals surface area (Å²) in [6.45, 7) is 5.61. The summed E-state index contributed by atoms with van der Waals surface area (Å²) < 4.78 is 11.3. The summed E-state index contributed by atoms with van der Waals surface area (Å²) in [5.74, 6) is 1.65. The minimum atomic E-state index is 0.410. The van der Waals surface area contributed by atoms with Crippen molar-refractivity contribution in [2.75, 3.05) is 33.4 Å². The van der Waals surface area contributed by atoms with Gasteiger partial charge in [-0.25, -0.2) is 0 Å². The molecule has 1 aliphatic heterocycles. The average molecular weight is 309 g/mol. The zero-order chi connectivity index (χ0) is 15.4. The predicted molar refractivity (Wildman–Crippen MR) is 88.1 cm³/mol. The molecule has 126 valence electrons. The van der Waals surface area contributed by atoms with Gasteiger partial charge in [0.15, 0.2) is 5.96 Å². The standard InChI is InChI=1S/C17H31N3O2/c1-3-21-11-5-4-10-19-16(18-2)20-14-13-7-12-22-15(13)17(14)8-6-9-17/h13-15H,3-12H2,1-2H3,(H2,18,19,20). The second-order valence-electron chi connectivity index (χ2n) is 6.86. The van der Waals surface area contributed by atoms with Crippen LogP contribution in [0, 0.1) is 11.3 Å².